The average Bonchev–Trinajstić information content (AvgIpc) is 2.45. The molecule has 0 bridgehead atoms. The number of alkyl halides is 3. The van der Waals surface area contributed by atoms with Crippen LogP contribution in [0, 0.1) is 5.82 Å². The quantitative estimate of drug-likeness (QED) is 0.387. The third-order valence-electron chi connectivity index (χ3n) is 4.02. The maximum absolute atomic E-state index is 13.2. The van der Waals surface area contributed by atoms with Gasteiger partial charge in [-0.15, -0.1) is 0 Å². The number of quaternary nitrogens is 1. The fourth-order valence-electron chi connectivity index (χ4n) is 2.61. The second-order valence-electron chi connectivity index (χ2n) is 6.07. The van der Waals surface area contributed by atoms with E-state index < -0.39 is 12.0 Å². The van der Waals surface area contributed by atoms with Crippen molar-refractivity contribution in [1.82, 2.24) is 4.90 Å². The summed E-state index contributed by atoms with van der Waals surface area (Å²) in [5.74, 6) is -2.12. The number of carbonyl (C=O) groups is 1. The zero-order valence-electron chi connectivity index (χ0n) is 13.2. The van der Waals surface area contributed by atoms with Crippen LogP contribution < -0.4 is 17.0 Å². The molecule has 0 radical (unpaired) electrons. The third kappa shape index (κ3) is 5.90. The number of halogens is 5. The minimum Gasteiger partial charge on any atom is -1.00 e. The van der Waals surface area contributed by atoms with E-state index in [2.05, 4.69) is 0 Å². The summed E-state index contributed by atoms with van der Waals surface area (Å²) in [6, 6.07) is 6.42. The van der Waals surface area contributed by atoms with Crippen molar-refractivity contribution in [3.05, 3.63) is 47.9 Å². The number of hydrogen-bond donors (Lipinski definition) is 0. The van der Waals surface area contributed by atoms with Gasteiger partial charge in [0.15, 0.2) is 0 Å². The third-order valence-corrected chi connectivity index (χ3v) is 4.02. The number of carbonyl (C=O) groups excluding carboxylic acids is 1. The lowest BCUT2D eigenvalue weighted by Crippen LogP contribution is -3.00. The minimum atomic E-state index is -4.83. The second-order valence-corrected chi connectivity index (χ2v) is 6.07. The Morgan fingerprint density at radius 2 is 1.92 bits per heavy atom. The average molecular weight is 411 g/mol. The van der Waals surface area contributed by atoms with Crippen LogP contribution in [0.1, 0.15) is 5.56 Å². The molecule has 1 aliphatic heterocycles. The van der Waals surface area contributed by atoms with Gasteiger partial charge in [0.2, 0.25) is 0 Å². The number of piperazine rings is 1. The van der Waals surface area contributed by atoms with Crippen LogP contribution in [0.2, 0.25) is 0 Å². The lowest BCUT2D eigenvalue weighted by Gasteiger charge is -2.41. The Hall–Kier alpha value is -1.41. The molecule has 1 saturated heterocycles. The van der Waals surface area contributed by atoms with Crippen LogP contribution >= 0.6 is 0 Å². The van der Waals surface area contributed by atoms with Crippen LogP contribution in [0.4, 0.5) is 17.6 Å². The second kappa shape index (κ2) is 8.11. The van der Waals surface area contributed by atoms with E-state index in [9.17, 15) is 22.4 Å². The molecule has 2 rings (SSSR count). The summed E-state index contributed by atoms with van der Waals surface area (Å²) < 4.78 is 50.4. The van der Waals surface area contributed by atoms with E-state index in [0.717, 1.165) is 5.56 Å². The van der Waals surface area contributed by atoms with Gasteiger partial charge in [-0.2, -0.15) is 13.2 Å². The van der Waals surface area contributed by atoms with E-state index in [1.807, 2.05) is 13.1 Å². The summed E-state index contributed by atoms with van der Waals surface area (Å²) >= 11 is 0. The highest BCUT2D eigenvalue weighted by Gasteiger charge is 2.36. The van der Waals surface area contributed by atoms with Crippen LogP contribution in [-0.2, 0) is 11.3 Å². The number of nitrogens with zero attached hydrogens (tertiary/aromatic N) is 2. The van der Waals surface area contributed by atoms with E-state index in [1.165, 1.54) is 18.3 Å². The number of ketones is 1. The van der Waals surface area contributed by atoms with Crippen molar-refractivity contribution in [2.75, 3.05) is 33.2 Å². The lowest BCUT2D eigenvalue weighted by molar-refractivity contribution is -0.926. The molecule has 0 atom stereocenters. The van der Waals surface area contributed by atoms with Gasteiger partial charge >= 0.3 is 6.18 Å². The fraction of sp³-hybridized carbons (Fsp3) is 0.438. The molecule has 1 aliphatic rings. The van der Waals surface area contributed by atoms with E-state index in [0.29, 0.717) is 43.3 Å². The largest absolute Gasteiger partial charge is 1.00 e. The van der Waals surface area contributed by atoms with Gasteiger partial charge in [-0.1, -0.05) is 12.1 Å². The maximum Gasteiger partial charge on any atom is 0.454 e. The van der Waals surface area contributed by atoms with E-state index in [4.69, 9.17) is 0 Å². The normalized spacial score (nSPS) is 17.6. The highest BCUT2D eigenvalue weighted by Crippen LogP contribution is 2.19. The number of allylic oxidation sites excluding steroid dienone is 1. The summed E-state index contributed by atoms with van der Waals surface area (Å²) in [5.41, 5.74) is 0.892. The van der Waals surface area contributed by atoms with Gasteiger partial charge < -0.3 is 26.4 Å². The van der Waals surface area contributed by atoms with Crippen LogP contribution in [0.5, 0.6) is 0 Å². The molecule has 3 nitrogen and oxygen atoms in total. The molecule has 0 amide bonds. The molecule has 0 aromatic heterocycles. The Balaban J connectivity index is 0.00000288. The lowest BCUT2D eigenvalue weighted by atomic mass is 10.1. The molecule has 0 saturated carbocycles. The molecule has 24 heavy (non-hydrogen) atoms. The zero-order valence-corrected chi connectivity index (χ0v) is 14.8. The van der Waals surface area contributed by atoms with Gasteiger partial charge in [0, 0.05) is 17.8 Å². The van der Waals surface area contributed by atoms with Crippen molar-refractivity contribution in [3.63, 3.8) is 0 Å². The highest BCUT2D eigenvalue weighted by molar-refractivity contribution is 5.94. The predicted octanol–water partition coefficient (Wildman–Crippen LogP) is -0.263. The van der Waals surface area contributed by atoms with Gasteiger partial charge in [0.05, 0.1) is 33.2 Å². The number of rotatable bonds is 4. The first-order valence-electron chi connectivity index (χ1n) is 7.29. The number of hydrogen-bond acceptors (Lipinski definition) is 2. The van der Waals surface area contributed by atoms with Gasteiger partial charge in [0.1, 0.15) is 12.4 Å². The Labute approximate surface area is 148 Å². The SMILES string of the molecule is C[N+]1(Cc2cccc(F)c2)CCN(/C=C/C(=O)C(F)(F)F)CC1.[Br-]. The molecule has 0 spiro atoms. The van der Waals surface area contributed by atoms with Crippen molar-refractivity contribution in [3.8, 4) is 0 Å². The Bertz CT molecular complexity index is 596. The van der Waals surface area contributed by atoms with E-state index >= 15 is 0 Å². The van der Waals surface area contributed by atoms with Crippen molar-refractivity contribution >= 4 is 5.78 Å². The van der Waals surface area contributed by atoms with Gasteiger partial charge in [-0.05, 0) is 12.1 Å². The summed E-state index contributed by atoms with van der Waals surface area (Å²) in [6.45, 7) is 3.18. The molecular weight excluding hydrogens is 392 g/mol. The van der Waals surface area contributed by atoms with Crippen molar-refractivity contribution < 1.29 is 43.8 Å². The van der Waals surface area contributed by atoms with Crippen molar-refractivity contribution in [2.24, 2.45) is 0 Å². The van der Waals surface area contributed by atoms with Crippen molar-refractivity contribution in [1.29, 1.82) is 0 Å². The monoisotopic (exact) mass is 410 g/mol. The summed E-state index contributed by atoms with van der Waals surface area (Å²) in [4.78, 5) is 12.5. The summed E-state index contributed by atoms with van der Waals surface area (Å²) in [7, 11) is 2.03. The highest BCUT2D eigenvalue weighted by atomic mass is 79.9. The van der Waals surface area contributed by atoms with Crippen LogP contribution in [0.15, 0.2) is 36.5 Å². The number of likely N-dealkylation sites (N-methyl/N-ethyl adjacent to an activating group) is 1. The molecular formula is C16H19BrF4N2O. The molecule has 1 fully saturated rings. The standard InChI is InChI=1S/C16H19F4N2O.BrH/c1-22(12-13-3-2-4-14(17)11-13)9-7-21(8-10-22)6-5-15(23)16(18,19)20;/h2-6,11H,7-10,12H2,1H3;1H/q+1;/p-1/b6-5+;. The summed E-state index contributed by atoms with van der Waals surface area (Å²) in [5, 5.41) is 0. The molecule has 1 aromatic carbocycles. The number of benzene rings is 1. The molecule has 134 valence electrons. The Morgan fingerprint density at radius 1 is 1.29 bits per heavy atom. The van der Waals surface area contributed by atoms with Gasteiger partial charge in [-0.25, -0.2) is 4.39 Å². The van der Waals surface area contributed by atoms with Crippen LogP contribution in [0.25, 0.3) is 0 Å². The molecule has 0 aliphatic carbocycles. The smallest absolute Gasteiger partial charge is 0.454 e. The van der Waals surface area contributed by atoms with Crippen LogP contribution in [-0.4, -0.2) is 54.6 Å². The molecule has 0 unspecified atom stereocenters. The molecule has 1 aromatic rings. The predicted molar refractivity (Wildman–Crippen MR) is 77.8 cm³/mol. The van der Waals surface area contributed by atoms with Crippen LogP contribution in [0.3, 0.4) is 0 Å². The molecule has 0 N–H and O–H groups in total. The Morgan fingerprint density at radius 3 is 2.46 bits per heavy atom. The van der Waals surface area contributed by atoms with Gasteiger partial charge in [0.25, 0.3) is 5.78 Å². The fourth-order valence-corrected chi connectivity index (χ4v) is 2.61. The first-order chi connectivity index (χ1) is 10.7. The first-order valence-corrected chi connectivity index (χ1v) is 7.29. The van der Waals surface area contributed by atoms with Gasteiger partial charge in [-0.3, -0.25) is 4.79 Å². The molecule has 8 heteroatoms. The van der Waals surface area contributed by atoms with E-state index in [1.54, 1.807) is 11.0 Å². The van der Waals surface area contributed by atoms with Crippen molar-refractivity contribution in [2.45, 2.75) is 12.7 Å². The Kier molecular flexibility index (Phi) is 6.97. The summed E-state index contributed by atoms with van der Waals surface area (Å²) in [6.07, 6.45) is -3.04. The first kappa shape index (κ1) is 20.6. The maximum atomic E-state index is 13.2. The zero-order chi connectivity index (χ0) is 17.1. The van der Waals surface area contributed by atoms with E-state index in [-0.39, 0.29) is 22.8 Å². The molecule has 1 heterocycles. The topological polar surface area (TPSA) is 20.3 Å². The minimum absolute atomic E-state index is 0.